The van der Waals surface area contributed by atoms with Gasteiger partial charge >= 0.3 is 5.97 Å². The summed E-state index contributed by atoms with van der Waals surface area (Å²) in [6, 6.07) is 5.18. The second-order valence-electron chi connectivity index (χ2n) is 3.65. The Bertz CT molecular complexity index is 701. The second-order valence-corrected chi connectivity index (χ2v) is 4.90. The zero-order chi connectivity index (χ0) is 14.2. The van der Waals surface area contributed by atoms with Crippen molar-refractivity contribution in [2.45, 2.75) is 0 Å². The van der Waals surface area contributed by atoms with Gasteiger partial charge in [0.1, 0.15) is 0 Å². The normalized spacial score (nSPS) is 10.5. The number of aromatic carboxylic acids is 1. The Kier molecular flexibility index (Phi) is 3.85. The van der Waals surface area contributed by atoms with Crippen LogP contribution in [0.3, 0.4) is 0 Å². The van der Waals surface area contributed by atoms with E-state index < -0.39 is 11.5 Å². The molecule has 7 heteroatoms. The van der Waals surface area contributed by atoms with E-state index in [2.05, 4.69) is 0 Å². The van der Waals surface area contributed by atoms with Gasteiger partial charge in [0.25, 0.3) is 5.56 Å². The Morgan fingerprint density at radius 2 is 1.68 bits per heavy atom. The molecule has 0 amide bonds. The third-order valence-corrected chi connectivity index (χ3v) is 3.18. The maximum absolute atomic E-state index is 11.8. The van der Waals surface area contributed by atoms with Gasteiger partial charge in [-0.15, -0.1) is 0 Å². The number of benzene rings is 1. The highest BCUT2D eigenvalue weighted by Gasteiger charge is 2.13. The molecular formula is C12H6Cl3NO3. The maximum Gasteiger partial charge on any atom is 0.337 e. The largest absolute Gasteiger partial charge is 0.478 e. The van der Waals surface area contributed by atoms with Crippen molar-refractivity contribution in [3.8, 4) is 5.69 Å². The summed E-state index contributed by atoms with van der Waals surface area (Å²) in [4.78, 5) is 22.7. The number of aromatic nitrogens is 1. The van der Waals surface area contributed by atoms with Gasteiger partial charge in [0.05, 0.1) is 21.3 Å². The van der Waals surface area contributed by atoms with Crippen LogP contribution in [-0.2, 0) is 0 Å². The summed E-state index contributed by atoms with van der Waals surface area (Å²) >= 11 is 17.8. The van der Waals surface area contributed by atoms with Gasteiger partial charge in [-0.2, -0.15) is 0 Å². The second kappa shape index (κ2) is 5.25. The van der Waals surface area contributed by atoms with Crippen molar-refractivity contribution in [2.24, 2.45) is 0 Å². The Hall–Kier alpha value is -1.49. The zero-order valence-electron chi connectivity index (χ0n) is 9.23. The van der Waals surface area contributed by atoms with Crippen LogP contribution in [0.4, 0.5) is 0 Å². The first-order valence-corrected chi connectivity index (χ1v) is 6.14. The number of carboxylic acids is 1. The van der Waals surface area contributed by atoms with E-state index in [4.69, 9.17) is 39.9 Å². The molecule has 1 heterocycles. The van der Waals surface area contributed by atoms with E-state index in [0.717, 1.165) is 16.8 Å². The third-order valence-electron chi connectivity index (χ3n) is 2.38. The molecule has 0 aliphatic heterocycles. The van der Waals surface area contributed by atoms with Crippen LogP contribution in [0.5, 0.6) is 0 Å². The van der Waals surface area contributed by atoms with Crippen LogP contribution in [0.1, 0.15) is 10.4 Å². The lowest BCUT2D eigenvalue weighted by atomic mass is 10.2. The molecule has 0 atom stereocenters. The van der Waals surface area contributed by atoms with Crippen LogP contribution >= 0.6 is 34.8 Å². The topological polar surface area (TPSA) is 59.3 Å². The molecule has 0 spiro atoms. The van der Waals surface area contributed by atoms with Gasteiger partial charge in [-0.25, -0.2) is 4.79 Å². The van der Waals surface area contributed by atoms with Crippen LogP contribution in [0, 0.1) is 0 Å². The van der Waals surface area contributed by atoms with Gasteiger partial charge in [0.15, 0.2) is 0 Å². The molecule has 1 N–H and O–H groups in total. The Labute approximate surface area is 122 Å². The number of pyridine rings is 1. The van der Waals surface area contributed by atoms with Crippen molar-refractivity contribution < 1.29 is 9.90 Å². The van der Waals surface area contributed by atoms with Gasteiger partial charge in [0, 0.05) is 17.3 Å². The van der Waals surface area contributed by atoms with Crippen molar-refractivity contribution in [1.82, 2.24) is 4.57 Å². The lowest BCUT2D eigenvalue weighted by molar-refractivity contribution is 0.0696. The molecule has 0 unspecified atom stereocenters. The predicted molar refractivity (Wildman–Crippen MR) is 74.0 cm³/mol. The molecular weight excluding hydrogens is 312 g/mol. The van der Waals surface area contributed by atoms with Crippen molar-refractivity contribution in [3.05, 3.63) is 61.4 Å². The van der Waals surface area contributed by atoms with E-state index in [-0.39, 0.29) is 21.3 Å². The van der Waals surface area contributed by atoms with Crippen LogP contribution in [0.2, 0.25) is 15.1 Å². The van der Waals surface area contributed by atoms with Crippen LogP contribution in [0.15, 0.2) is 35.3 Å². The molecule has 98 valence electrons. The van der Waals surface area contributed by atoms with Gasteiger partial charge in [-0.05, 0) is 18.2 Å². The molecule has 0 fully saturated rings. The van der Waals surface area contributed by atoms with E-state index >= 15 is 0 Å². The molecule has 1 aromatic heterocycles. The van der Waals surface area contributed by atoms with E-state index in [9.17, 15) is 9.59 Å². The Morgan fingerprint density at radius 3 is 2.21 bits per heavy atom. The summed E-state index contributed by atoms with van der Waals surface area (Å²) in [6.45, 7) is 0. The van der Waals surface area contributed by atoms with Crippen molar-refractivity contribution >= 4 is 40.8 Å². The molecule has 0 bridgehead atoms. The summed E-state index contributed by atoms with van der Waals surface area (Å²) < 4.78 is 1.07. The van der Waals surface area contributed by atoms with Crippen molar-refractivity contribution in [2.75, 3.05) is 0 Å². The fourth-order valence-electron chi connectivity index (χ4n) is 1.55. The van der Waals surface area contributed by atoms with Crippen LogP contribution in [0.25, 0.3) is 5.69 Å². The van der Waals surface area contributed by atoms with Crippen LogP contribution in [-0.4, -0.2) is 15.6 Å². The SMILES string of the molecule is O=C(O)c1ccc(=O)n(-c2c(Cl)cc(Cl)cc2Cl)c1. The fourth-order valence-corrected chi connectivity index (χ4v) is 2.55. The highest BCUT2D eigenvalue weighted by atomic mass is 35.5. The molecule has 4 nitrogen and oxygen atoms in total. The molecule has 2 rings (SSSR count). The summed E-state index contributed by atoms with van der Waals surface area (Å²) in [6.07, 6.45) is 1.16. The first-order valence-electron chi connectivity index (χ1n) is 5.01. The molecule has 1 aromatic carbocycles. The summed E-state index contributed by atoms with van der Waals surface area (Å²) in [7, 11) is 0. The lowest BCUT2D eigenvalue weighted by Crippen LogP contribution is -2.19. The Balaban J connectivity index is 2.75. The summed E-state index contributed by atoms with van der Waals surface area (Å²) in [5.41, 5.74) is -0.307. The maximum atomic E-state index is 11.8. The highest BCUT2D eigenvalue weighted by Crippen LogP contribution is 2.31. The number of hydrogen-bond acceptors (Lipinski definition) is 2. The van der Waals surface area contributed by atoms with E-state index in [1.165, 1.54) is 18.2 Å². The first-order chi connectivity index (χ1) is 8.90. The summed E-state index contributed by atoms with van der Waals surface area (Å²) in [5.74, 6) is -1.16. The number of halogens is 3. The molecule has 0 radical (unpaired) electrons. The number of nitrogens with zero attached hydrogens (tertiary/aromatic N) is 1. The number of hydrogen-bond donors (Lipinski definition) is 1. The van der Waals surface area contributed by atoms with Gasteiger partial charge in [0.2, 0.25) is 0 Å². The summed E-state index contributed by atoms with van der Waals surface area (Å²) in [5, 5.41) is 9.56. The van der Waals surface area contributed by atoms with Gasteiger partial charge < -0.3 is 5.11 Å². The number of carbonyl (C=O) groups is 1. The van der Waals surface area contributed by atoms with E-state index in [0.29, 0.717) is 5.02 Å². The fraction of sp³-hybridized carbons (Fsp3) is 0. The quantitative estimate of drug-likeness (QED) is 0.922. The minimum Gasteiger partial charge on any atom is -0.478 e. The molecule has 2 aromatic rings. The number of carboxylic acid groups (broad SMARTS) is 1. The zero-order valence-corrected chi connectivity index (χ0v) is 11.5. The predicted octanol–water partition coefficient (Wildman–Crippen LogP) is 3.50. The lowest BCUT2D eigenvalue weighted by Gasteiger charge is -2.11. The number of rotatable bonds is 2. The molecule has 19 heavy (non-hydrogen) atoms. The van der Waals surface area contributed by atoms with E-state index in [1.807, 2.05) is 0 Å². The average Bonchev–Trinajstić information content (AvgIpc) is 2.29. The van der Waals surface area contributed by atoms with E-state index in [1.54, 1.807) is 0 Å². The molecule has 0 saturated heterocycles. The van der Waals surface area contributed by atoms with Crippen LogP contribution < -0.4 is 5.56 Å². The van der Waals surface area contributed by atoms with Crippen molar-refractivity contribution in [3.63, 3.8) is 0 Å². The first kappa shape index (κ1) is 13.9. The minimum atomic E-state index is -1.16. The standard InChI is InChI=1S/C12H6Cl3NO3/c13-7-3-8(14)11(9(15)4-7)16-5-6(12(18)19)1-2-10(16)17/h1-5H,(H,18,19). The van der Waals surface area contributed by atoms with Crippen molar-refractivity contribution in [1.29, 1.82) is 0 Å². The smallest absolute Gasteiger partial charge is 0.337 e. The third kappa shape index (κ3) is 2.76. The highest BCUT2D eigenvalue weighted by molar-refractivity contribution is 6.40. The monoisotopic (exact) mass is 317 g/mol. The molecule has 0 aliphatic rings. The molecule has 0 saturated carbocycles. The molecule has 0 aliphatic carbocycles. The Morgan fingerprint density at radius 1 is 1.11 bits per heavy atom. The van der Waals surface area contributed by atoms with Gasteiger partial charge in [-0.3, -0.25) is 9.36 Å². The van der Waals surface area contributed by atoms with Gasteiger partial charge in [-0.1, -0.05) is 34.8 Å². The minimum absolute atomic E-state index is 0.0540. The average molecular weight is 319 g/mol.